The van der Waals surface area contributed by atoms with E-state index in [0.717, 1.165) is 6.20 Å². The summed E-state index contributed by atoms with van der Waals surface area (Å²) in [6.45, 7) is 0. The molecule has 0 amide bonds. The average Bonchev–Trinajstić information content (AvgIpc) is 1.80. The van der Waals surface area contributed by atoms with Crippen molar-refractivity contribution in [1.29, 1.82) is 0 Å². The van der Waals surface area contributed by atoms with E-state index in [0.29, 0.717) is 0 Å². The van der Waals surface area contributed by atoms with Gasteiger partial charge in [0, 0.05) is 0 Å². The van der Waals surface area contributed by atoms with Gasteiger partial charge in [-0.05, 0) is 0 Å². The SMILES string of the molecule is O=C1CC(O)=CN=C1O. The second kappa shape index (κ2) is 1.89. The standard InChI is InChI=1S/C5H5NO3/c7-3-1-4(8)5(9)6-2-3/h2,7H,1H2,(H,6,9). The Kier molecular flexibility index (Phi) is 1.22. The molecule has 48 valence electrons. The number of aliphatic imine (C=N–C) groups is 1. The molecule has 0 saturated heterocycles. The van der Waals surface area contributed by atoms with E-state index in [1.54, 1.807) is 0 Å². The first-order chi connectivity index (χ1) is 4.20. The van der Waals surface area contributed by atoms with Crippen molar-refractivity contribution >= 4 is 11.7 Å². The highest BCUT2D eigenvalue weighted by molar-refractivity contribution is 6.36. The van der Waals surface area contributed by atoms with Gasteiger partial charge in [-0.2, -0.15) is 0 Å². The van der Waals surface area contributed by atoms with Gasteiger partial charge in [0.1, 0.15) is 5.76 Å². The molecule has 0 bridgehead atoms. The third-order valence-corrected chi connectivity index (χ3v) is 0.927. The third-order valence-electron chi connectivity index (χ3n) is 0.927. The van der Waals surface area contributed by atoms with Crippen LogP contribution in [0.2, 0.25) is 0 Å². The van der Waals surface area contributed by atoms with Crippen molar-refractivity contribution in [2.24, 2.45) is 4.99 Å². The number of carbonyl (C=O) groups excluding carboxylic acids is 1. The molecule has 0 aromatic heterocycles. The van der Waals surface area contributed by atoms with Crippen LogP contribution in [-0.2, 0) is 4.79 Å². The van der Waals surface area contributed by atoms with Gasteiger partial charge in [0.15, 0.2) is 0 Å². The first-order valence-corrected chi connectivity index (χ1v) is 2.38. The van der Waals surface area contributed by atoms with Gasteiger partial charge in [-0.1, -0.05) is 0 Å². The lowest BCUT2D eigenvalue weighted by molar-refractivity contribution is -0.114. The zero-order valence-corrected chi connectivity index (χ0v) is 4.53. The number of ketones is 1. The largest absolute Gasteiger partial charge is 0.510 e. The molecule has 4 heteroatoms. The number of carbonyl (C=O) groups is 1. The molecule has 9 heavy (non-hydrogen) atoms. The normalized spacial score (nSPS) is 18.9. The van der Waals surface area contributed by atoms with Crippen molar-refractivity contribution in [2.75, 3.05) is 0 Å². The zero-order chi connectivity index (χ0) is 6.85. The molecule has 0 aromatic carbocycles. The fourth-order valence-electron chi connectivity index (χ4n) is 0.497. The molecule has 0 unspecified atom stereocenters. The molecule has 1 rings (SSSR count). The van der Waals surface area contributed by atoms with Crippen LogP contribution in [-0.4, -0.2) is 21.9 Å². The molecular weight excluding hydrogens is 122 g/mol. The van der Waals surface area contributed by atoms with Crippen LogP contribution in [0.25, 0.3) is 0 Å². The fraction of sp³-hybridized carbons (Fsp3) is 0.200. The summed E-state index contributed by atoms with van der Waals surface area (Å²) < 4.78 is 0. The Hall–Kier alpha value is -1.32. The highest BCUT2D eigenvalue weighted by Gasteiger charge is 2.14. The molecule has 1 aliphatic heterocycles. The number of allylic oxidation sites excluding steroid dienone is 1. The second-order valence-electron chi connectivity index (χ2n) is 1.67. The molecule has 0 aromatic rings. The summed E-state index contributed by atoms with van der Waals surface area (Å²) in [5, 5.41) is 17.2. The minimum atomic E-state index is -0.546. The minimum absolute atomic E-state index is 0.113. The summed E-state index contributed by atoms with van der Waals surface area (Å²) in [5.41, 5.74) is 0. The lowest BCUT2D eigenvalue weighted by Crippen LogP contribution is -2.16. The molecule has 0 radical (unpaired) electrons. The van der Waals surface area contributed by atoms with Gasteiger partial charge < -0.3 is 10.2 Å². The minimum Gasteiger partial charge on any atom is -0.510 e. The van der Waals surface area contributed by atoms with E-state index in [-0.39, 0.29) is 12.2 Å². The number of hydrogen-bond acceptors (Lipinski definition) is 3. The average molecular weight is 127 g/mol. The molecule has 1 aliphatic rings. The van der Waals surface area contributed by atoms with Crippen LogP contribution in [0.1, 0.15) is 6.42 Å². The molecule has 0 saturated carbocycles. The monoisotopic (exact) mass is 127 g/mol. The van der Waals surface area contributed by atoms with Gasteiger partial charge in [0.05, 0.1) is 12.6 Å². The van der Waals surface area contributed by atoms with Crippen molar-refractivity contribution in [3.63, 3.8) is 0 Å². The molecule has 0 spiro atoms. The summed E-state index contributed by atoms with van der Waals surface area (Å²) >= 11 is 0. The third kappa shape index (κ3) is 1.07. The number of hydrogen-bond donors (Lipinski definition) is 2. The first kappa shape index (κ1) is 5.81. The maximum Gasteiger partial charge on any atom is 0.256 e. The highest BCUT2D eigenvalue weighted by atomic mass is 16.3. The Bertz CT molecular complexity index is 204. The summed E-state index contributed by atoms with van der Waals surface area (Å²) in [6, 6.07) is 0. The number of aliphatic hydroxyl groups excluding tert-OH is 2. The van der Waals surface area contributed by atoms with Crippen molar-refractivity contribution in [1.82, 2.24) is 0 Å². The number of rotatable bonds is 0. The summed E-state index contributed by atoms with van der Waals surface area (Å²) in [7, 11) is 0. The van der Waals surface area contributed by atoms with Crippen molar-refractivity contribution in [3.05, 3.63) is 12.0 Å². The van der Waals surface area contributed by atoms with Crippen LogP contribution in [0.3, 0.4) is 0 Å². The van der Waals surface area contributed by atoms with Crippen LogP contribution >= 0.6 is 0 Å². The Morgan fingerprint density at radius 3 is 2.67 bits per heavy atom. The van der Waals surface area contributed by atoms with Gasteiger partial charge in [0.2, 0.25) is 5.78 Å². The molecule has 4 nitrogen and oxygen atoms in total. The lowest BCUT2D eigenvalue weighted by Gasteiger charge is -2.01. The van der Waals surface area contributed by atoms with E-state index in [2.05, 4.69) is 4.99 Å². The van der Waals surface area contributed by atoms with E-state index in [1.165, 1.54) is 0 Å². The Balaban J connectivity index is 2.86. The molecule has 0 fully saturated rings. The van der Waals surface area contributed by atoms with E-state index < -0.39 is 11.7 Å². The Morgan fingerprint density at radius 2 is 2.22 bits per heavy atom. The van der Waals surface area contributed by atoms with Crippen molar-refractivity contribution < 1.29 is 15.0 Å². The van der Waals surface area contributed by atoms with Crippen LogP contribution in [0, 0.1) is 0 Å². The van der Waals surface area contributed by atoms with Crippen LogP contribution in [0.15, 0.2) is 17.0 Å². The fourth-order valence-corrected chi connectivity index (χ4v) is 0.497. The Labute approximate surface area is 51.1 Å². The second-order valence-corrected chi connectivity index (χ2v) is 1.67. The summed E-state index contributed by atoms with van der Waals surface area (Å²) in [5.74, 6) is -1.19. The molecule has 2 N–H and O–H groups in total. The quantitative estimate of drug-likeness (QED) is 0.492. The van der Waals surface area contributed by atoms with Gasteiger partial charge in [0.25, 0.3) is 5.90 Å². The van der Waals surface area contributed by atoms with Crippen LogP contribution in [0.4, 0.5) is 0 Å². The number of Topliss-reactive ketones (excluding diaryl/α,β-unsaturated/α-hetero) is 1. The summed E-state index contributed by atoms with van der Waals surface area (Å²) in [4.78, 5) is 13.6. The van der Waals surface area contributed by atoms with E-state index in [4.69, 9.17) is 10.2 Å². The predicted octanol–water partition coefficient (Wildman–Crippen LogP) is 0.315. The van der Waals surface area contributed by atoms with Crippen LogP contribution < -0.4 is 0 Å². The smallest absolute Gasteiger partial charge is 0.256 e. The van der Waals surface area contributed by atoms with Gasteiger partial charge in [-0.15, -0.1) is 0 Å². The lowest BCUT2D eigenvalue weighted by atomic mass is 10.2. The summed E-state index contributed by atoms with van der Waals surface area (Å²) in [6.07, 6.45) is 0.909. The van der Waals surface area contributed by atoms with Gasteiger partial charge in [-0.3, -0.25) is 4.79 Å². The highest BCUT2D eigenvalue weighted by Crippen LogP contribution is 2.03. The predicted molar refractivity (Wildman–Crippen MR) is 30.4 cm³/mol. The first-order valence-electron chi connectivity index (χ1n) is 2.38. The zero-order valence-electron chi connectivity index (χ0n) is 4.53. The Morgan fingerprint density at radius 1 is 1.56 bits per heavy atom. The molecule has 0 atom stereocenters. The van der Waals surface area contributed by atoms with Crippen molar-refractivity contribution in [3.8, 4) is 0 Å². The topological polar surface area (TPSA) is 69.9 Å². The van der Waals surface area contributed by atoms with E-state index in [9.17, 15) is 4.79 Å². The van der Waals surface area contributed by atoms with Gasteiger partial charge in [-0.25, -0.2) is 4.99 Å². The molecule has 1 heterocycles. The van der Waals surface area contributed by atoms with Gasteiger partial charge >= 0.3 is 0 Å². The van der Waals surface area contributed by atoms with Crippen LogP contribution in [0.5, 0.6) is 0 Å². The maximum absolute atomic E-state index is 10.4. The number of nitrogens with zero attached hydrogens (tertiary/aromatic N) is 1. The van der Waals surface area contributed by atoms with E-state index in [1.807, 2.05) is 0 Å². The van der Waals surface area contributed by atoms with E-state index >= 15 is 0 Å². The maximum atomic E-state index is 10.4. The molecular formula is C5H5NO3. The number of aliphatic hydroxyl groups is 2. The van der Waals surface area contributed by atoms with Crippen molar-refractivity contribution in [2.45, 2.75) is 6.42 Å². The molecule has 0 aliphatic carbocycles.